The van der Waals surface area contributed by atoms with E-state index in [1.54, 1.807) is 11.8 Å². The first-order chi connectivity index (χ1) is 9.70. The highest BCUT2D eigenvalue weighted by molar-refractivity contribution is 7.99. The van der Waals surface area contributed by atoms with Crippen molar-refractivity contribution >= 4 is 29.0 Å². The van der Waals surface area contributed by atoms with E-state index in [9.17, 15) is 4.79 Å². The van der Waals surface area contributed by atoms with Gasteiger partial charge in [-0.25, -0.2) is 0 Å². The Morgan fingerprint density at radius 2 is 2.15 bits per heavy atom. The maximum atomic E-state index is 12.5. The first-order valence-corrected chi connectivity index (χ1v) is 9.60. The summed E-state index contributed by atoms with van der Waals surface area (Å²) in [6.45, 7) is 5.11. The molecule has 1 fully saturated rings. The van der Waals surface area contributed by atoms with Crippen molar-refractivity contribution in [2.75, 3.05) is 11.5 Å². The topological polar surface area (TPSA) is 20.3 Å². The van der Waals surface area contributed by atoms with Gasteiger partial charge in [-0.1, -0.05) is 19.8 Å². The third kappa shape index (κ3) is 4.52. The van der Waals surface area contributed by atoms with Crippen molar-refractivity contribution in [1.82, 2.24) is 4.90 Å². The molecular formula is C16H25NOS2. The van der Waals surface area contributed by atoms with Crippen molar-refractivity contribution < 1.29 is 4.79 Å². The molecule has 0 aliphatic heterocycles. The van der Waals surface area contributed by atoms with Crippen molar-refractivity contribution in [3.63, 3.8) is 0 Å². The second-order valence-corrected chi connectivity index (χ2v) is 8.00. The van der Waals surface area contributed by atoms with Gasteiger partial charge in [-0.3, -0.25) is 4.79 Å². The zero-order valence-corrected chi connectivity index (χ0v) is 14.2. The number of rotatable bonds is 7. The maximum Gasteiger partial charge on any atom is 0.233 e. The Bertz CT molecular complexity index is 424. The molecule has 0 radical (unpaired) electrons. The average molecular weight is 312 g/mol. The molecule has 4 heteroatoms. The molecule has 1 aliphatic rings. The van der Waals surface area contributed by atoms with Crippen LogP contribution in [0, 0.1) is 6.92 Å². The highest BCUT2D eigenvalue weighted by atomic mass is 32.2. The van der Waals surface area contributed by atoms with E-state index in [4.69, 9.17) is 0 Å². The predicted octanol–water partition coefficient (Wildman–Crippen LogP) is 4.47. The minimum Gasteiger partial charge on any atom is -0.334 e. The van der Waals surface area contributed by atoms with Crippen molar-refractivity contribution in [2.45, 2.75) is 58.5 Å². The highest BCUT2D eigenvalue weighted by Crippen LogP contribution is 2.27. The van der Waals surface area contributed by atoms with Gasteiger partial charge in [0.1, 0.15) is 0 Å². The van der Waals surface area contributed by atoms with Gasteiger partial charge in [0.05, 0.1) is 12.3 Å². The van der Waals surface area contributed by atoms with Gasteiger partial charge in [-0.15, -0.1) is 11.3 Å². The summed E-state index contributed by atoms with van der Waals surface area (Å²) < 4.78 is 0. The average Bonchev–Trinajstić information content (AvgIpc) is 3.07. The van der Waals surface area contributed by atoms with Gasteiger partial charge < -0.3 is 4.90 Å². The van der Waals surface area contributed by atoms with E-state index in [1.165, 1.54) is 35.4 Å². The summed E-state index contributed by atoms with van der Waals surface area (Å²) in [7, 11) is 0. The van der Waals surface area contributed by atoms with Crippen LogP contribution in [-0.2, 0) is 11.3 Å². The number of thioether (sulfide) groups is 1. The molecule has 0 aromatic carbocycles. The van der Waals surface area contributed by atoms with Crippen LogP contribution in [0.5, 0.6) is 0 Å². The first-order valence-electron chi connectivity index (χ1n) is 7.63. The second-order valence-electron chi connectivity index (χ2n) is 5.52. The molecule has 1 amide bonds. The van der Waals surface area contributed by atoms with E-state index in [-0.39, 0.29) is 0 Å². The van der Waals surface area contributed by atoms with E-state index in [0.29, 0.717) is 17.7 Å². The summed E-state index contributed by atoms with van der Waals surface area (Å²) in [6, 6.07) is 4.81. The molecule has 0 spiro atoms. The normalized spacial score (nSPS) is 15.7. The summed E-state index contributed by atoms with van der Waals surface area (Å²) in [6.07, 6.45) is 6.08. The van der Waals surface area contributed by atoms with Gasteiger partial charge in [0.15, 0.2) is 0 Å². The van der Waals surface area contributed by atoms with Gasteiger partial charge in [-0.2, -0.15) is 11.8 Å². The largest absolute Gasteiger partial charge is 0.334 e. The molecule has 20 heavy (non-hydrogen) atoms. The van der Waals surface area contributed by atoms with Gasteiger partial charge in [0.25, 0.3) is 0 Å². The van der Waals surface area contributed by atoms with Crippen LogP contribution < -0.4 is 0 Å². The van der Waals surface area contributed by atoms with Crippen molar-refractivity contribution in [3.05, 3.63) is 21.9 Å². The first kappa shape index (κ1) is 15.9. The number of nitrogens with zero attached hydrogens (tertiary/aromatic N) is 1. The van der Waals surface area contributed by atoms with Crippen LogP contribution in [0.2, 0.25) is 0 Å². The van der Waals surface area contributed by atoms with Crippen LogP contribution in [0.1, 0.15) is 48.8 Å². The molecule has 112 valence electrons. The SMILES string of the molecule is CCCSCC(=O)N(Cc1ccc(C)s1)C1CCCC1. The molecule has 0 N–H and O–H groups in total. The fourth-order valence-corrected chi connectivity index (χ4v) is 4.42. The van der Waals surface area contributed by atoms with Gasteiger partial charge >= 0.3 is 0 Å². The molecule has 1 aromatic heterocycles. The molecule has 1 saturated carbocycles. The molecule has 1 aliphatic carbocycles. The molecule has 2 nitrogen and oxygen atoms in total. The second kappa shape index (κ2) is 8.08. The fraction of sp³-hybridized carbons (Fsp3) is 0.688. The minimum absolute atomic E-state index is 0.335. The Morgan fingerprint density at radius 1 is 1.40 bits per heavy atom. The monoisotopic (exact) mass is 311 g/mol. The lowest BCUT2D eigenvalue weighted by Crippen LogP contribution is -2.39. The summed E-state index contributed by atoms with van der Waals surface area (Å²) >= 11 is 3.60. The van der Waals surface area contributed by atoms with E-state index in [2.05, 4.69) is 30.9 Å². The van der Waals surface area contributed by atoms with Crippen LogP contribution >= 0.6 is 23.1 Å². The summed E-state index contributed by atoms with van der Waals surface area (Å²) in [4.78, 5) is 17.3. The van der Waals surface area contributed by atoms with Crippen molar-refractivity contribution in [3.8, 4) is 0 Å². The van der Waals surface area contributed by atoms with Crippen LogP contribution in [-0.4, -0.2) is 28.4 Å². The van der Waals surface area contributed by atoms with Gasteiger partial charge in [0, 0.05) is 15.8 Å². The predicted molar refractivity (Wildman–Crippen MR) is 89.5 cm³/mol. The summed E-state index contributed by atoms with van der Waals surface area (Å²) in [5, 5.41) is 0. The maximum absolute atomic E-state index is 12.5. The summed E-state index contributed by atoms with van der Waals surface area (Å²) in [5.74, 6) is 2.07. The van der Waals surface area contributed by atoms with E-state index in [1.807, 2.05) is 11.3 Å². The van der Waals surface area contributed by atoms with Crippen LogP contribution in [0.4, 0.5) is 0 Å². The van der Waals surface area contributed by atoms with Gasteiger partial charge in [-0.05, 0) is 44.1 Å². The molecule has 1 heterocycles. The molecule has 0 atom stereocenters. The molecule has 0 unspecified atom stereocenters. The van der Waals surface area contributed by atoms with E-state index in [0.717, 1.165) is 18.7 Å². The Morgan fingerprint density at radius 3 is 2.75 bits per heavy atom. The number of amides is 1. The summed E-state index contributed by atoms with van der Waals surface area (Å²) in [5.41, 5.74) is 0. The van der Waals surface area contributed by atoms with Crippen molar-refractivity contribution in [1.29, 1.82) is 0 Å². The third-order valence-electron chi connectivity index (χ3n) is 3.78. The molecular weight excluding hydrogens is 286 g/mol. The van der Waals surface area contributed by atoms with E-state index >= 15 is 0 Å². The van der Waals surface area contributed by atoms with E-state index < -0.39 is 0 Å². The number of hydrogen-bond acceptors (Lipinski definition) is 3. The smallest absolute Gasteiger partial charge is 0.233 e. The highest BCUT2D eigenvalue weighted by Gasteiger charge is 2.26. The van der Waals surface area contributed by atoms with Gasteiger partial charge in [0.2, 0.25) is 5.91 Å². The number of carbonyl (C=O) groups excluding carboxylic acids is 1. The Hall–Kier alpha value is -0.480. The third-order valence-corrected chi connectivity index (χ3v) is 5.92. The molecule has 0 bridgehead atoms. The number of aryl methyl sites for hydroxylation is 1. The minimum atomic E-state index is 0.335. The standard InChI is InChI=1S/C16H25NOS2/c1-3-10-19-12-16(18)17(14-6-4-5-7-14)11-15-9-8-13(2)20-15/h8-9,14H,3-7,10-12H2,1-2H3. The number of hydrogen-bond donors (Lipinski definition) is 0. The quantitative estimate of drug-likeness (QED) is 0.692. The zero-order chi connectivity index (χ0) is 14.4. The van der Waals surface area contributed by atoms with Crippen molar-refractivity contribution in [2.24, 2.45) is 0 Å². The molecule has 2 rings (SSSR count). The van der Waals surface area contributed by atoms with Crippen LogP contribution in [0.25, 0.3) is 0 Å². The lowest BCUT2D eigenvalue weighted by molar-refractivity contribution is -0.131. The van der Waals surface area contributed by atoms with Crippen LogP contribution in [0.15, 0.2) is 12.1 Å². The zero-order valence-electron chi connectivity index (χ0n) is 12.6. The Balaban J connectivity index is 1.98. The van der Waals surface area contributed by atoms with Crippen LogP contribution in [0.3, 0.4) is 0 Å². The molecule has 0 saturated heterocycles. The molecule has 1 aromatic rings. The number of carbonyl (C=O) groups is 1. The Kier molecular flexibility index (Phi) is 6.43. The lowest BCUT2D eigenvalue weighted by Gasteiger charge is -2.28. The fourth-order valence-electron chi connectivity index (χ4n) is 2.76. The Labute approximate surface area is 130 Å². The number of thiophene rings is 1. The lowest BCUT2D eigenvalue weighted by atomic mass is 10.2.